The summed E-state index contributed by atoms with van der Waals surface area (Å²) < 4.78 is 11.6. The third-order valence-electron chi connectivity index (χ3n) is 4.90. The van der Waals surface area contributed by atoms with Crippen molar-refractivity contribution in [2.24, 2.45) is 5.10 Å². The molecule has 0 bridgehead atoms. The minimum Gasteiger partial charge on any atom is -0.496 e. The number of hydrogen-bond donors (Lipinski definition) is 1. The van der Waals surface area contributed by atoms with Crippen molar-refractivity contribution >= 4 is 23.7 Å². The molecule has 3 aromatic rings. The summed E-state index contributed by atoms with van der Waals surface area (Å²) in [6.45, 7) is 6.47. The maximum absolute atomic E-state index is 12.1. The molecule has 1 heterocycles. The Hall–Kier alpha value is -3.38. The molecule has 6 nitrogen and oxygen atoms in total. The van der Waals surface area contributed by atoms with Gasteiger partial charge in [0, 0.05) is 23.0 Å². The van der Waals surface area contributed by atoms with E-state index in [4.69, 9.17) is 21.1 Å². The zero-order valence-corrected chi connectivity index (χ0v) is 19.3. The Morgan fingerprint density at radius 3 is 2.72 bits per heavy atom. The monoisotopic (exact) mass is 451 g/mol. The minimum absolute atomic E-state index is 0.270. The Labute approximate surface area is 193 Å². The van der Waals surface area contributed by atoms with E-state index in [1.165, 1.54) is 6.20 Å². The maximum Gasteiger partial charge on any atom is 0.272 e. The number of hydrazone groups is 1. The summed E-state index contributed by atoms with van der Waals surface area (Å²) in [4.78, 5) is 16.0. The van der Waals surface area contributed by atoms with Gasteiger partial charge in [-0.25, -0.2) is 5.43 Å². The Morgan fingerprint density at radius 1 is 1.22 bits per heavy atom. The Bertz CT molecular complexity index is 1110. The highest BCUT2D eigenvalue weighted by Crippen LogP contribution is 2.33. The van der Waals surface area contributed by atoms with Crippen molar-refractivity contribution in [1.29, 1.82) is 0 Å². The molecule has 0 aliphatic heterocycles. The van der Waals surface area contributed by atoms with Crippen LogP contribution in [0.5, 0.6) is 11.5 Å². The summed E-state index contributed by atoms with van der Waals surface area (Å²) in [5.41, 5.74) is 6.61. The van der Waals surface area contributed by atoms with Crippen LogP contribution in [-0.2, 0) is 6.61 Å². The number of aryl methyl sites for hydroxylation is 1. The zero-order chi connectivity index (χ0) is 23.1. The van der Waals surface area contributed by atoms with Gasteiger partial charge in [-0.15, -0.1) is 0 Å². The van der Waals surface area contributed by atoms with E-state index in [1.807, 2.05) is 37.3 Å². The van der Waals surface area contributed by atoms with E-state index in [0.29, 0.717) is 17.9 Å². The largest absolute Gasteiger partial charge is 0.496 e. The second-order valence-corrected chi connectivity index (χ2v) is 8.00. The number of carbonyl (C=O) groups excluding carboxylic acids is 1. The number of nitrogens with zero attached hydrogens (tertiary/aromatic N) is 2. The highest BCUT2D eigenvalue weighted by atomic mass is 35.5. The fourth-order valence-corrected chi connectivity index (χ4v) is 3.29. The van der Waals surface area contributed by atoms with Gasteiger partial charge >= 0.3 is 0 Å². The third kappa shape index (κ3) is 5.86. The first-order valence-electron chi connectivity index (χ1n) is 10.2. The quantitative estimate of drug-likeness (QED) is 0.361. The number of hydrogen-bond acceptors (Lipinski definition) is 5. The average Bonchev–Trinajstić information content (AvgIpc) is 2.80. The molecule has 0 spiro atoms. The van der Waals surface area contributed by atoms with Gasteiger partial charge in [-0.3, -0.25) is 9.78 Å². The van der Waals surface area contributed by atoms with Crippen LogP contribution in [0.2, 0.25) is 5.02 Å². The van der Waals surface area contributed by atoms with Crippen LogP contribution in [0.1, 0.15) is 52.4 Å². The van der Waals surface area contributed by atoms with E-state index in [0.717, 1.165) is 33.0 Å². The molecule has 32 heavy (non-hydrogen) atoms. The molecule has 3 rings (SSSR count). The predicted octanol–water partition coefficient (Wildman–Crippen LogP) is 5.52. The Kier molecular flexibility index (Phi) is 7.84. The molecule has 7 heteroatoms. The van der Waals surface area contributed by atoms with E-state index in [2.05, 4.69) is 29.4 Å². The van der Waals surface area contributed by atoms with Crippen LogP contribution in [0.15, 0.2) is 60.0 Å². The van der Waals surface area contributed by atoms with Gasteiger partial charge in [-0.1, -0.05) is 25.4 Å². The molecular formula is C25H26ClN3O3. The molecule has 0 saturated carbocycles. The minimum atomic E-state index is -0.328. The van der Waals surface area contributed by atoms with Crippen molar-refractivity contribution in [2.75, 3.05) is 7.11 Å². The first-order valence-corrected chi connectivity index (χ1v) is 10.6. The van der Waals surface area contributed by atoms with Crippen molar-refractivity contribution in [1.82, 2.24) is 10.4 Å². The summed E-state index contributed by atoms with van der Waals surface area (Å²) in [6.07, 6.45) is 4.66. The molecule has 0 unspecified atom stereocenters. The first-order chi connectivity index (χ1) is 15.4. The standard InChI is InChI=1S/C25H26ClN3O3/c1-16(2)21-12-22(26)17(3)10-24(21)32-15-20-11-18(7-8-23(20)31-4)13-28-29-25(30)19-6-5-9-27-14-19/h5-14,16H,15H2,1-4H3,(H,29,30)/b28-13+. The summed E-state index contributed by atoms with van der Waals surface area (Å²) in [6, 6.07) is 12.9. The molecule has 1 N–H and O–H groups in total. The number of benzene rings is 2. The van der Waals surface area contributed by atoms with Crippen molar-refractivity contribution in [3.05, 3.63) is 87.7 Å². The highest BCUT2D eigenvalue weighted by Gasteiger charge is 2.13. The van der Waals surface area contributed by atoms with Crippen LogP contribution in [0.4, 0.5) is 0 Å². The second-order valence-electron chi connectivity index (χ2n) is 7.59. The summed E-state index contributed by atoms with van der Waals surface area (Å²) in [5.74, 6) is 1.45. The lowest BCUT2D eigenvalue weighted by Crippen LogP contribution is -2.17. The van der Waals surface area contributed by atoms with Gasteiger partial charge in [0.25, 0.3) is 5.91 Å². The van der Waals surface area contributed by atoms with Crippen LogP contribution in [-0.4, -0.2) is 24.2 Å². The summed E-state index contributed by atoms with van der Waals surface area (Å²) in [5, 5.41) is 4.77. The van der Waals surface area contributed by atoms with Gasteiger partial charge in [-0.05, 0) is 72.0 Å². The number of rotatable bonds is 8. The molecular weight excluding hydrogens is 426 g/mol. The number of nitrogens with one attached hydrogen (secondary N) is 1. The third-order valence-corrected chi connectivity index (χ3v) is 5.31. The Morgan fingerprint density at radius 2 is 2.03 bits per heavy atom. The molecule has 0 aliphatic rings. The average molecular weight is 452 g/mol. The van der Waals surface area contributed by atoms with Crippen LogP contribution >= 0.6 is 11.6 Å². The van der Waals surface area contributed by atoms with Crippen molar-refractivity contribution in [3.63, 3.8) is 0 Å². The van der Waals surface area contributed by atoms with Crippen LogP contribution in [0.3, 0.4) is 0 Å². The molecule has 166 valence electrons. The molecule has 0 fully saturated rings. The molecule has 2 aromatic carbocycles. The molecule has 0 saturated heterocycles. The van der Waals surface area contributed by atoms with Gasteiger partial charge in [0.05, 0.1) is 18.9 Å². The number of methoxy groups -OCH3 is 1. The van der Waals surface area contributed by atoms with Gasteiger partial charge in [0.15, 0.2) is 0 Å². The lowest BCUT2D eigenvalue weighted by molar-refractivity contribution is 0.0954. The van der Waals surface area contributed by atoms with Crippen molar-refractivity contribution in [3.8, 4) is 11.5 Å². The number of aromatic nitrogens is 1. The lowest BCUT2D eigenvalue weighted by Gasteiger charge is -2.17. The number of carbonyl (C=O) groups is 1. The number of amides is 1. The van der Waals surface area contributed by atoms with E-state index in [1.54, 1.807) is 31.7 Å². The highest BCUT2D eigenvalue weighted by molar-refractivity contribution is 6.31. The van der Waals surface area contributed by atoms with Crippen LogP contribution < -0.4 is 14.9 Å². The number of pyridine rings is 1. The fraction of sp³-hybridized carbons (Fsp3) is 0.240. The van der Waals surface area contributed by atoms with Crippen molar-refractivity contribution < 1.29 is 14.3 Å². The molecule has 0 radical (unpaired) electrons. The summed E-state index contributed by atoms with van der Waals surface area (Å²) >= 11 is 6.30. The van der Waals surface area contributed by atoms with Crippen molar-refractivity contribution in [2.45, 2.75) is 33.3 Å². The smallest absolute Gasteiger partial charge is 0.272 e. The normalized spacial score (nSPS) is 11.1. The number of halogens is 1. The van der Waals surface area contributed by atoms with E-state index < -0.39 is 0 Å². The molecule has 0 atom stereocenters. The van der Waals surface area contributed by atoms with Gasteiger partial charge in [0.1, 0.15) is 18.1 Å². The topological polar surface area (TPSA) is 72.8 Å². The van der Waals surface area contributed by atoms with Gasteiger partial charge in [0.2, 0.25) is 0 Å². The fourth-order valence-electron chi connectivity index (χ4n) is 3.12. The van der Waals surface area contributed by atoms with Gasteiger partial charge in [-0.2, -0.15) is 5.10 Å². The Balaban J connectivity index is 1.74. The predicted molar refractivity (Wildman–Crippen MR) is 127 cm³/mol. The summed E-state index contributed by atoms with van der Waals surface area (Å²) in [7, 11) is 1.62. The second kappa shape index (κ2) is 10.8. The number of ether oxygens (including phenoxy) is 2. The SMILES string of the molecule is COc1ccc(/C=N/NC(=O)c2cccnc2)cc1COc1cc(C)c(Cl)cc1C(C)C. The van der Waals surface area contributed by atoms with Gasteiger partial charge < -0.3 is 9.47 Å². The van der Waals surface area contributed by atoms with E-state index in [9.17, 15) is 4.79 Å². The maximum atomic E-state index is 12.1. The zero-order valence-electron chi connectivity index (χ0n) is 18.6. The molecule has 0 aliphatic carbocycles. The first kappa shape index (κ1) is 23.3. The van der Waals surface area contributed by atoms with E-state index >= 15 is 0 Å². The van der Waals surface area contributed by atoms with Crippen LogP contribution in [0, 0.1) is 6.92 Å². The molecule has 1 amide bonds. The molecule has 1 aromatic heterocycles. The van der Waals surface area contributed by atoms with Crippen LogP contribution in [0.25, 0.3) is 0 Å². The van der Waals surface area contributed by atoms with E-state index in [-0.39, 0.29) is 11.8 Å². The lowest BCUT2D eigenvalue weighted by atomic mass is 10.0.